The van der Waals surface area contributed by atoms with Gasteiger partial charge in [-0.2, -0.15) is 4.98 Å². The lowest BCUT2D eigenvalue weighted by molar-refractivity contribution is -0.122. The quantitative estimate of drug-likeness (QED) is 0.134. The molecule has 4 bridgehead atoms. The zero-order chi connectivity index (χ0) is 31.1. The number of aromatic nitrogens is 7. The van der Waals surface area contributed by atoms with E-state index in [0.29, 0.717) is 11.3 Å². The van der Waals surface area contributed by atoms with Gasteiger partial charge < -0.3 is 35.8 Å². The molecule has 7 rings (SSSR count). The van der Waals surface area contributed by atoms with E-state index in [2.05, 4.69) is 24.9 Å². The fourth-order valence-electron chi connectivity index (χ4n) is 5.11. The molecule has 0 aromatic carbocycles. The second kappa shape index (κ2) is 10.4. The number of fused-ring (bicyclic) bond motifs is 6. The van der Waals surface area contributed by atoms with E-state index in [9.17, 15) is 33.6 Å². The van der Waals surface area contributed by atoms with Crippen molar-refractivity contribution in [2.75, 3.05) is 18.1 Å². The van der Waals surface area contributed by atoms with E-state index in [1.54, 1.807) is 0 Å². The minimum Gasteiger partial charge on any atom is -0.387 e. The smallest absolute Gasteiger partial charge is 0.387 e. The van der Waals surface area contributed by atoms with Gasteiger partial charge in [0.05, 0.1) is 12.9 Å². The average molecular weight is 677 g/mol. The van der Waals surface area contributed by atoms with Crippen LogP contribution in [0.15, 0.2) is 22.2 Å². The monoisotopic (exact) mass is 677 g/mol. The van der Waals surface area contributed by atoms with Gasteiger partial charge in [-0.05, 0) is 0 Å². The van der Waals surface area contributed by atoms with E-state index in [1.807, 2.05) is 0 Å². The molecule has 0 amide bonds. The highest BCUT2D eigenvalue weighted by molar-refractivity contribution is 7.47. The van der Waals surface area contributed by atoms with Crippen LogP contribution in [0.25, 0.3) is 21.5 Å². The van der Waals surface area contributed by atoms with Gasteiger partial charge in [-0.3, -0.25) is 41.8 Å². The highest BCUT2D eigenvalue weighted by Crippen LogP contribution is 2.55. The number of imidazole rings is 1. The molecule has 9 atom stereocenters. The first-order chi connectivity index (χ1) is 20.8. The average Bonchev–Trinajstić information content (AvgIpc) is 3.67. The van der Waals surface area contributed by atoms with Crippen LogP contribution in [-0.4, -0.2) is 86.3 Å². The largest absolute Gasteiger partial charge is 0.475 e. The van der Waals surface area contributed by atoms with Gasteiger partial charge in [0.1, 0.15) is 41.3 Å². The van der Waals surface area contributed by atoms with Crippen LogP contribution >= 0.6 is 27.0 Å². The highest BCUT2D eigenvalue weighted by Gasteiger charge is 2.53. The number of nitrogens with one attached hydrogen (secondary N) is 1. The Kier molecular flexibility index (Phi) is 7.00. The molecule has 22 nitrogen and oxygen atoms in total. The fourth-order valence-corrected chi connectivity index (χ4v) is 7.92. The number of hydrogen-bond donors (Lipinski definition) is 6. The number of H-pyrrole nitrogens is 1. The van der Waals surface area contributed by atoms with Gasteiger partial charge in [-0.1, -0.05) is 11.3 Å². The molecule has 25 heteroatoms. The lowest BCUT2D eigenvalue weighted by Crippen LogP contribution is -2.37. The summed E-state index contributed by atoms with van der Waals surface area (Å²) in [6, 6.07) is 0. The second-order valence-corrected chi connectivity index (χ2v) is 13.5. The van der Waals surface area contributed by atoms with E-state index < -0.39 is 82.3 Å². The predicted octanol–water partition coefficient (Wildman–Crippen LogP) is -1.33. The maximum absolute atomic E-state index is 13.3. The van der Waals surface area contributed by atoms with Crippen LogP contribution in [0.1, 0.15) is 18.9 Å². The SMILES string of the molecule is Nc1nc2c(ncn2[C@@H]2O[C@H]3CC2OP(=O)(O)OC[C@H]2O[C@@H](n4c(=O)sc5c(N)ncnc54)[C@@H](OP(=O)(O)O3)[C@@H]2O)c(=O)[nH]1. The van der Waals surface area contributed by atoms with Gasteiger partial charge >= 0.3 is 20.5 Å². The van der Waals surface area contributed by atoms with Crippen molar-refractivity contribution in [1.29, 1.82) is 0 Å². The molecule has 3 saturated heterocycles. The van der Waals surface area contributed by atoms with Crippen LogP contribution in [0.3, 0.4) is 0 Å². The summed E-state index contributed by atoms with van der Waals surface area (Å²) in [5.74, 6) is -0.298. The lowest BCUT2D eigenvalue weighted by Gasteiger charge is -2.25. The summed E-state index contributed by atoms with van der Waals surface area (Å²) >= 11 is 0.646. The molecule has 44 heavy (non-hydrogen) atoms. The Morgan fingerprint density at radius 3 is 2.59 bits per heavy atom. The number of phosphoric ester groups is 2. The molecule has 0 spiro atoms. The number of rotatable bonds is 2. The van der Waals surface area contributed by atoms with Crippen LogP contribution < -0.4 is 21.9 Å². The Bertz CT molecular complexity index is 2000. The maximum Gasteiger partial charge on any atom is 0.475 e. The van der Waals surface area contributed by atoms with Crippen LogP contribution in [-0.2, 0) is 36.7 Å². The minimum atomic E-state index is -5.18. The number of thiazole rings is 1. The molecule has 3 aliphatic heterocycles. The topological polar surface area (TPSA) is 314 Å². The number of nitrogen functional groups attached to an aromatic ring is 2. The molecule has 3 unspecified atom stereocenters. The minimum absolute atomic E-state index is 0.0286. The Balaban J connectivity index is 1.25. The summed E-state index contributed by atoms with van der Waals surface area (Å²) in [6.45, 7) is -0.807. The molecule has 0 aliphatic carbocycles. The van der Waals surface area contributed by atoms with Crippen molar-refractivity contribution in [2.24, 2.45) is 0 Å². The fraction of sp³-hybridized carbons (Fsp3) is 0.474. The number of anilines is 2. The number of phosphoric acid groups is 2. The van der Waals surface area contributed by atoms with Crippen molar-refractivity contribution in [3.63, 3.8) is 0 Å². The van der Waals surface area contributed by atoms with Crippen molar-refractivity contribution >= 4 is 60.3 Å². The summed E-state index contributed by atoms with van der Waals surface area (Å²) in [7, 11) is -10.2. The van der Waals surface area contributed by atoms with Crippen molar-refractivity contribution in [3.8, 4) is 0 Å². The summed E-state index contributed by atoms with van der Waals surface area (Å²) in [6.07, 6.45) is -9.39. The number of aliphatic hydroxyl groups is 1. The van der Waals surface area contributed by atoms with Crippen molar-refractivity contribution in [2.45, 2.75) is 49.6 Å². The van der Waals surface area contributed by atoms with E-state index in [0.717, 1.165) is 21.8 Å². The molecule has 0 saturated carbocycles. The molecule has 4 aromatic rings. The third-order valence-electron chi connectivity index (χ3n) is 6.93. The Morgan fingerprint density at radius 1 is 1.00 bits per heavy atom. The molecule has 3 fully saturated rings. The van der Waals surface area contributed by atoms with Crippen molar-refractivity contribution in [3.05, 3.63) is 32.7 Å². The van der Waals surface area contributed by atoms with Gasteiger partial charge in [0, 0.05) is 6.42 Å². The number of nitrogens with two attached hydrogens (primary N) is 2. The van der Waals surface area contributed by atoms with E-state index in [1.165, 1.54) is 0 Å². The number of ether oxygens (including phenoxy) is 2. The highest BCUT2D eigenvalue weighted by atomic mass is 32.1. The number of nitrogens with zero attached hydrogens (tertiary/aromatic N) is 6. The summed E-state index contributed by atoms with van der Waals surface area (Å²) in [5, 5.41) is 11.0. The van der Waals surface area contributed by atoms with Crippen LogP contribution in [0, 0.1) is 0 Å². The van der Waals surface area contributed by atoms with Gasteiger partial charge in [-0.25, -0.2) is 24.1 Å². The first kappa shape index (κ1) is 29.5. The van der Waals surface area contributed by atoms with Crippen LogP contribution in [0.5, 0.6) is 0 Å². The molecule has 7 heterocycles. The van der Waals surface area contributed by atoms with Crippen LogP contribution in [0.2, 0.25) is 0 Å². The standard InChI is InChI=1S/C19H21N9O13P2S/c20-12-11-14(23-3-22-12)28(19(31)44-11)17-10-9(29)6(37-17)2-36-42(32,33)39-5-1-7(40-43(34,35)41-10)38-16(5)27-4-24-8-13(27)25-18(21)26-15(8)30/h3-7,9-10,16-17,29H,1-2H2,(H,32,33)(H,34,35)(H2,20,22,23)(H3,21,25,26,30)/t5?,6-,7-,9-,10+,16-,17-/m1/s1. The maximum atomic E-state index is 13.3. The molecule has 0 radical (unpaired) electrons. The molecular formula is C19H21N9O13P2S. The third-order valence-corrected chi connectivity index (χ3v) is 9.92. The van der Waals surface area contributed by atoms with E-state index in [4.69, 9.17) is 39.0 Å². The first-order valence-corrected chi connectivity index (χ1v) is 16.3. The van der Waals surface area contributed by atoms with Gasteiger partial charge in [-0.15, -0.1) is 0 Å². The summed E-state index contributed by atoms with van der Waals surface area (Å²) < 4.78 is 61.1. The third kappa shape index (κ3) is 5.05. The zero-order valence-electron chi connectivity index (χ0n) is 21.7. The molecular weight excluding hydrogens is 656 g/mol. The molecule has 8 N–H and O–H groups in total. The van der Waals surface area contributed by atoms with E-state index in [-0.39, 0.29) is 33.3 Å². The normalized spacial score (nSPS) is 36.3. The van der Waals surface area contributed by atoms with Crippen molar-refractivity contribution < 1.29 is 51.6 Å². The van der Waals surface area contributed by atoms with Gasteiger partial charge in [0.2, 0.25) is 5.95 Å². The van der Waals surface area contributed by atoms with Crippen LogP contribution in [0.4, 0.5) is 11.8 Å². The second-order valence-electron chi connectivity index (χ2n) is 9.72. The van der Waals surface area contributed by atoms with Crippen molar-refractivity contribution in [1.82, 2.24) is 34.1 Å². The zero-order valence-corrected chi connectivity index (χ0v) is 24.3. The van der Waals surface area contributed by atoms with Gasteiger partial charge in [0.25, 0.3) is 5.56 Å². The summed E-state index contributed by atoms with van der Waals surface area (Å²) in [4.78, 5) is 64.0. The van der Waals surface area contributed by atoms with Gasteiger partial charge in [0.15, 0.2) is 35.6 Å². The first-order valence-electron chi connectivity index (χ1n) is 12.5. The molecule has 236 valence electrons. The Morgan fingerprint density at radius 2 is 1.80 bits per heavy atom. The van der Waals surface area contributed by atoms with E-state index >= 15 is 0 Å². The number of aliphatic hydroxyl groups excluding tert-OH is 1. The Hall–Kier alpha value is -3.18. The molecule has 3 aliphatic rings. The number of hydrogen-bond acceptors (Lipinski definition) is 18. The predicted molar refractivity (Wildman–Crippen MR) is 144 cm³/mol. The molecule has 4 aromatic heterocycles. The summed E-state index contributed by atoms with van der Waals surface area (Å²) in [5.41, 5.74) is 10.5. The lowest BCUT2D eigenvalue weighted by atomic mass is 10.1. The number of aromatic amines is 1. The Labute approximate surface area is 246 Å².